The molecule has 0 bridgehead atoms. The Bertz CT molecular complexity index is 378. The van der Waals surface area contributed by atoms with Gasteiger partial charge in [0.25, 0.3) is 0 Å². The fraction of sp³-hybridized carbons (Fsp3) is 0.571. The lowest BCUT2D eigenvalue weighted by atomic mass is 10.2. The van der Waals surface area contributed by atoms with Gasteiger partial charge in [0.1, 0.15) is 5.75 Å². The average Bonchev–Trinajstić information content (AvgIpc) is 2.38. The average molecular weight is 411 g/mol. The zero-order valence-electron chi connectivity index (χ0n) is 11.6. The van der Waals surface area contributed by atoms with Crippen LogP contribution in [0, 0.1) is 0 Å². The molecule has 0 radical (unpaired) electrons. The summed E-state index contributed by atoms with van der Waals surface area (Å²) in [7, 11) is 0. The zero-order valence-corrected chi connectivity index (χ0v) is 15.6. The number of halogens is 2. The molecule has 1 unspecified atom stereocenters. The smallest absolute Gasteiger partial charge is 0.147 e. The van der Waals surface area contributed by atoms with Gasteiger partial charge in [-0.1, -0.05) is 0 Å². The van der Waals surface area contributed by atoms with E-state index in [1.807, 2.05) is 18.7 Å². The van der Waals surface area contributed by atoms with Crippen molar-refractivity contribution in [2.24, 2.45) is 0 Å². The largest absolute Gasteiger partial charge is 0.492 e. The molecular weight excluding hydrogens is 390 g/mol. The number of benzene rings is 1. The van der Waals surface area contributed by atoms with Gasteiger partial charge in [0.15, 0.2) is 0 Å². The number of ether oxygens (including phenoxy) is 1. The highest BCUT2D eigenvalue weighted by molar-refractivity contribution is 9.11. The van der Waals surface area contributed by atoms with Gasteiger partial charge in [-0.25, -0.2) is 0 Å². The van der Waals surface area contributed by atoms with Crippen LogP contribution in [-0.4, -0.2) is 24.7 Å². The van der Waals surface area contributed by atoms with E-state index < -0.39 is 0 Å². The molecule has 108 valence electrons. The van der Waals surface area contributed by atoms with Crippen molar-refractivity contribution in [3.8, 4) is 5.75 Å². The lowest BCUT2D eigenvalue weighted by molar-refractivity contribution is 0.336. The second-order valence-corrected chi connectivity index (χ2v) is 7.08. The second kappa shape index (κ2) is 9.27. The fourth-order valence-electron chi connectivity index (χ4n) is 1.69. The summed E-state index contributed by atoms with van der Waals surface area (Å²) in [6.07, 6.45) is 3.34. The third-order valence-corrected chi connectivity index (χ3v) is 4.58. The molecule has 5 heteroatoms. The molecule has 0 spiro atoms. The Morgan fingerprint density at radius 2 is 1.95 bits per heavy atom. The minimum atomic E-state index is 0.538. The van der Waals surface area contributed by atoms with Crippen molar-refractivity contribution in [3.05, 3.63) is 26.6 Å². The van der Waals surface area contributed by atoms with Gasteiger partial charge in [-0.05, 0) is 81.8 Å². The monoisotopic (exact) mass is 409 g/mol. The maximum absolute atomic E-state index is 5.58. The Hall–Kier alpha value is 0.290. The van der Waals surface area contributed by atoms with E-state index in [9.17, 15) is 0 Å². The van der Waals surface area contributed by atoms with Gasteiger partial charge in [-0.15, -0.1) is 0 Å². The molecule has 0 aliphatic carbocycles. The van der Waals surface area contributed by atoms with Gasteiger partial charge in [0.05, 0.1) is 15.6 Å². The van der Waals surface area contributed by atoms with Crippen molar-refractivity contribution < 1.29 is 4.74 Å². The molecular formula is C14H21Br2NOS. The molecule has 0 aliphatic heterocycles. The van der Waals surface area contributed by atoms with Crippen LogP contribution in [0.15, 0.2) is 21.1 Å². The van der Waals surface area contributed by atoms with E-state index in [1.165, 1.54) is 17.7 Å². The van der Waals surface area contributed by atoms with Crippen LogP contribution in [0.3, 0.4) is 0 Å². The van der Waals surface area contributed by atoms with Crippen LogP contribution in [0.4, 0.5) is 0 Å². The van der Waals surface area contributed by atoms with Crippen LogP contribution < -0.4 is 10.1 Å². The summed E-state index contributed by atoms with van der Waals surface area (Å²) in [5, 5.41) is 3.54. The van der Waals surface area contributed by atoms with Crippen LogP contribution in [0.25, 0.3) is 0 Å². The van der Waals surface area contributed by atoms with Crippen LogP contribution in [0.5, 0.6) is 5.75 Å². The second-order valence-electron chi connectivity index (χ2n) is 4.39. The van der Waals surface area contributed by atoms with E-state index in [0.29, 0.717) is 12.6 Å². The molecule has 0 saturated carbocycles. The number of thioether (sulfide) groups is 1. The SMILES string of the molecule is CCOc1c(Br)cc(CNC(C)CCSC)cc1Br. The van der Waals surface area contributed by atoms with Gasteiger partial charge >= 0.3 is 0 Å². The van der Waals surface area contributed by atoms with Crippen LogP contribution in [0.1, 0.15) is 25.8 Å². The standard InChI is InChI=1S/C14H21Br2NOS/c1-4-18-14-12(15)7-11(8-13(14)16)9-17-10(2)5-6-19-3/h7-8,10,17H,4-6,9H2,1-3H3. The summed E-state index contributed by atoms with van der Waals surface area (Å²) >= 11 is 9.02. The van der Waals surface area contributed by atoms with E-state index in [4.69, 9.17) is 4.74 Å². The minimum absolute atomic E-state index is 0.538. The summed E-state index contributed by atoms with van der Waals surface area (Å²) in [5.74, 6) is 2.08. The van der Waals surface area contributed by atoms with Crippen LogP contribution >= 0.6 is 43.6 Å². The van der Waals surface area contributed by atoms with Crippen molar-refractivity contribution in [2.75, 3.05) is 18.6 Å². The lowest BCUT2D eigenvalue weighted by Crippen LogP contribution is -2.26. The molecule has 1 N–H and O–H groups in total. The Morgan fingerprint density at radius 1 is 1.32 bits per heavy atom. The van der Waals surface area contributed by atoms with Crippen molar-refractivity contribution in [3.63, 3.8) is 0 Å². The predicted molar refractivity (Wildman–Crippen MR) is 92.3 cm³/mol. The molecule has 0 fully saturated rings. The Kier molecular flexibility index (Phi) is 8.46. The molecule has 1 rings (SSSR count). The lowest BCUT2D eigenvalue weighted by Gasteiger charge is -2.15. The Labute approximate surface area is 137 Å². The molecule has 0 aromatic heterocycles. The summed E-state index contributed by atoms with van der Waals surface area (Å²) in [6.45, 7) is 5.76. The molecule has 1 aromatic carbocycles. The summed E-state index contributed by atoms with van der Waals surface area (Å²) < 4.78 is 7.58. The van der Waals surface area contributed by atoms with Crippen LogP contribution in [-0.2, 0) is 6.54 Å². The molecule has 19 heavy (non-hydrogen) atoms. The highest BCUT2D eigenvalue weighted by atomic mass is 79.9. The predicted octanol–water partition coefficient (Wildman–Crippen LogP) is 4.84. The fourth-order valence-corrected chi connectivity index (χ4v) is 3.78. The minimum Gasteiger partial charge on any atom is -0.492 e. The number of hydrogen-bond donors (Lipinski definition) is 1. The zero-order chi connectivity index (χ0) is 14.3. The van der Waals surface area contributed by atoms with Gasteiger partial charge in [0.2, 0.25) is 0 Å². The van der Waals surface area contributed by atoms with Gasteiger partial charge in [0, 0.05) is 12.6 Å². The molecule has 1 atom stereocenters. The Morgan fingerprint density at radius 3 is 2.47 bits per heavy atom. The van der Waals surface area contributed by atoms with E-state index >= 15 is 0 Å². The van der Waals surface area contributed by atoms with E-state index in [1.54, 1.807) is 0 Å². The molecule has 0 amide bonds. The van der Waals surface area contributed by atoms with Gasteiger partial charge < -0.3 is 10.1 Å². The third-order valence-electron chi connectivity index (χ3n) is 2.76. The topological polar surface area (TPSA) is 21.3 Å². The van der Waals surface area contributed by atoms with Gasteiger partial charge in [-0.3, -0.25) is 0 Å². The number of nitrogens with one attached hydrogen (secondary N) is 1. The number of hydrogen-bond acceptors (Lipinski definition) is 3. The highest BCUT2D eigenvalue weighted by Gasteiger charge is 2.09. The first-order valence-electron chi connectivity index (χ1n) is 6.41. The molecule has 1 aromatic rings. The first-order valence-corrected chi connectivity index (χ1v) is 9.39. The van der Waals surface area contributed by atoms with E-state index in [2.05, 4.69) is 62.5 Å². The molecule has 2 nitrogen and oxygen atoms in total. The van der Waals surface area contributed by atoms with E-state index in [-0.39, 0.29) is 0 Å². The van der Waals surface area contributed by atoms with Gasteiger partial charge in [-0.2, -0.15) is 11.8 Å². The maximum Gasteiger partial charge on any atom is 0.147 e. The molecule has 0 aliphatic rings. The Balaban J connectivity index is 2.60. The summed E-state index contributed by atoms with van der Waals surface area (Å²) in [4.78, 5) is 0. The molecule has 0 heterocycles. The van der Waals surface area contributed by atoms with E-state index in [0.717, 1.165) is 21.2 Å². The number of rotatable bonds is 8. The van der Waals surface area contributed by atoms with Crippen molar-refractivity contribution in [1.82, 2.24) is 5.32 Å². The molecule has 0 saturated heterocycles. The first kappa shape index (κ1) is 17.3. The van der Waals surface area contributed by atoms with Crippen molar-refractivity contribution in [1.29, 1.82) is 0 Å². The summed E-state index contributed by atoms with van der Waals surface area (Å²) in [6, 6.07) is 4.77. The maximum atomic E-state index is 5.58. The normalized spacial score (nSPS) is 12.5. The van der Waals surface area contributed by atoms with Crippen LogP contribution in [0.2, 0.25) is 0 Å². The van der Waals surface area contributed by atoms with Crippen molar-refractivity contribution in [2.45, 2.75) is 32.9 Å². The quantitative estimate of drug-likeness (QED) is 0.662. The first-order chi connectivity index (χ1) is 9.08. The van der Waals surface area contributed by atoms with Crippen molar-refractivity contribution >= 4 is 43.6 Å². The highest BCUT2D eigenvalue weighted by Crippen LogP contribution is 2.34. The summed E-state index contributed by atoms with van der Waals surface area (Å²) in [5.41, 5.74) is 1.25. The third kappa shape index (κ3) is 6.06.